The highest BCUT2D eigenvalue weighted by Crippen LogP contribution is 2.32. The van der Waals surface area contributed by atoms with Crippen LogP contribution in [-0.2, 0) is 9.59 Å². The van der Waals surface area contributed by atoms with Gasteiger partial charge in [0.25, 0.3) is 5.91 Å². The Bertz CT molecular complexity index is 882. The van der Waals surface area contributed by atoms with E-state index in [4.69, 9.17) is 21.4 Å². The average Bonchev–Trinajstić information content (AvgIpc) is 2.89. The first kappa shape index (κ1) is 17.8. The van der Waals surface area contributed by atoms with Gasteiger partial charge in [-0.1, -0.05) is 11.6 Å². The summed E-state index contributed by atoms with van der Waals surface area (Å²) >= 11 is 6.07. The monoisotopic (exact) mass is 374 g/mol. The summed E-state index contributed by atoms with van der Waals surface area (Å²) in [5.41, 5.74) is 1.06. The van der Waals surface area contributed by atoms with E-state index in [1.54, 1.807) is 24.3 Å². The Morgan fingerprint density at radius 2 is 1.92 bits per heavy atom. The number of aromatic carboxylic acids is 1. The van der Waals surface area contributed by atoms with E-state index in [9.17, 15) is 14.4 Å². The molecule has 2 amide bonds. The summed E-state index contributed by atoms with van der Waals surface area (Å²) in [5, 5.41) is 12.2. The minimum absolute atomic E-state index is 0.0108. The van der Waals surface area contributed by atoms with Gasteiger partial charge >= 0.3 is 5.97 Å². The van der Waals surface area contributed by atoms with Crippen LogP contribution in [0.2, 0.25) is 5.02 Å². The molecule has 8 heteroatoms. The first-order chi connectivity index (χ1) is 12.4. The second kappa shape index (κ2) is 7.05. The van der Waals surface area contributed by atoms with Crippen molar-refractivity contribution in [2.24, 2.45) is 0 Å². The molecule has 7 nitrogen and oxygen atoms in total. The Morgan fingerprint density at radius 3 is 2.50 bits per heavy atom. The number of hydrogen-bond acceptors (Lipinski definition) is 5. The molecule has 0 bridgehead atoms. The molecule has 2 aromatic carbocycles. The summed E-state index contributed by atoms with van der Waals surface area (Å²) in [7, 11) is 1.47. The molecule has 0 unspecified atom stereocenters. The number of halogens is 1. The van der Waals surface area contributed by atoms with Gasteiger partial charge < -0.3 is 15.2 Å². The molecule has 0 spiro atoms. The topological polar surface area (TPSA) is 95.9 Å². The summed E-state index contributed by atoms with van der Waals surface area (Å²) in [4.78, 5) is 36.9. The number of hydrogen-bond donors (Lipinski definition) is 2. The summed E-state index contributed by atoms with van der Waals surface area (Å²) < 4.78 is 5.07. The Balaban J connectivity index is 1.78. The van der Waals surface area contributed by atoms with Gasteiger partial charge in [0.1, 0.15) is 11.8 Å². The second-order valence-electron chi connectivity index (χ2n) is 5.67. The standard InChI is InChI=1S/C18H15ClN2O5/c1-26-15-7-6-12(8-13(15)19)21-16(22)9-14(17(21)23)20-11-4-2-10(3-5-11)18(24)25/h2-8,14,20H,9H2,1H3,(H,24,25)/t14-/m1/s1. The molecule has 1 aliphatic rings. The number of carboxylic acids is 1. The molecule has 0 aliphatic carbocycles. The number of nitrogens with zero attached hydrogens (tertiary/aromatic N) is 1. The number of methoxy groups -OCH3 is 1. The highest BCUT2D eigenvalue weighted by Gasteiger charge is 2.39. The smallest absolute Gasteiger partial charge is 0.335 e. The molecule has 0 radical (unpaired) electrons. The molecule has 134 valence electrons. The average molecular weight is 375 g/mol. The van der Waals surface area contributed by atoms with Crippen molar-refractivity contribution in [2.75, 3.05) is 17.3 Å². The maximum Gasteiger partial charge on any atom is 0.335 e. The Kier molecular flexibility index (Phi) is 4.81. The van der Waals surface area contributed by atoms with Gasteiger partial charge in [0.15, 0.2) is 0 Å². The molecular weight excluding hydrogens is 360 g/mol. The maximum absolute atomic E-state index is 12.6. The van der Waals surface area contributed by atoms with Gasteiger partial charge in [0.05, 0.1) is 29.8 Å². The van der Waals surface area contributed by atoms with E-state index in [1.165, 1.54) is 25.3 Å². The van der Waals surface area contributed by atoms with Gasteiger partial charge in [0.2, 0.25) is 5.91 Å². The normalized spacial score (nSPS) is 16.7. The molecule has 2 aromatic rings. The molecule has 3 rings (SSSR count). The van der Waals surface area contributed by atoms with Gasteiger partial charge in [-0.2, -0.15) is 0 Å². The van der Waals surface area contributed by atoms with E-state index in [0.717, 1.165) is 4.90 Å². The lowest BCUT2D eigenvalue weighted by Gasteiger charge is -2.17. The third-order valence-corrected chi connectivity index (χ3v) is 4.31. The van der Waals surface area contributed by atoms with Crippen molar-refractivity contribution in [3.63, 3.8) is 0 Å². The van der Waals surface area contributed by atoms with Crippen LogP contribution in [0.25, 0.3) is 0 Å². The zero-order valence-electron chi connectivity index (χ0n) is 13.7. The van der Waals surface area contributed by atoms with Crippen LogP contribution in [0, 0.1) is 0 Å². The predicted molar refractivity (Wildman–Crippen MR) is 95.9 cm³/mol. The van der Waals surface area contributed by atoms with Crippen molar-refractivity contribution in [3.05, 3.63) is 53.1 Å². The van der Waals surface area contributed by atoms with Crippen LogP contribution < -0.4 is 15.0 Å². The zero-order chi connectivity index (χ0) is 18.8. The Labute approximate surface area is 154 Å². The number of imide groups is 1. The summed E-state index contributed by atoms with van der Waals surface area (Å²) in [6.07, 6.45) is -0.0108. The second-order valence-corrected chi connectivity index (χ2v) is 6.08. The van der Waals surface area contributed by atoms with Crippen LogP contribution in [0.15, 0.2) is 42.5 Å². The highest BCUT2D eigenvalue weighted by molar-refractivity contribution is 6.33. The third kappa shape index (κ3) is 3.34. The first-order valence-corrected chi connectivity index (χ1v) is 8.08. The SMILES string of the molecule is COc1ccc(N2C(=O)C[C@@H](Nc3ccc(C(=O)O)cc3)C2=O)cc1Cl. The summed E-state index contributed by atoms with van der Waals surface area (Å²) in [6.45, 7) is 0. The van der Waals surface area contributed by atoms with Gasteiger partial charge in [-0.05, 0) is 42.5 Å². The summed E-state index contributed by atoms with van der Waals surface area (Å²) in [5.74, 6) is -1.34. The largest absolute Gasteiger partial charge is 0.495 e. The van der Waals surface area contributed by atoms with Crippen molar-refractivity contribution in [1.29, 1.82) is 0 Å². The number of carbonyl (C=O) groups is 3. The molecule has 1 fully saturated rings. The number of benzene rings is 2. The lowest BCUT2D eigenvalue weighted by Crippen LogP contribution is -2.34. The Morgan fingerprint density at radius 1 is 1.23 bits per heavy atom. The van der Waals surface area contributed by atoms with Crippen molar-refractivity contribution < 1.29 is 24.2 Å². The molecule has 1 aliphatic heterocycles. The molecule has 0 aromatic heterocycles. The van der Waals surface area contributed by atoms with Crippen molar-refractivity contribution in [2.45, 2.75) is 12.5 Å². The lowest BCUT2D eigenvalue weighted by atomic mass is 10.2. The lowest BCUT2D eigenvalue weighted by molar-refractivity contribution is -0.121. The van der Waals surface area contributed by atoms with E-state index < -0.39 is 17.9 Å². The van der Waals surface area contributed by atoms with Crippen LogP contribution >= 0.6 is 11.6 Å². The van der Waals surface area contributed by atoms with Crippen LogP contribution in [0.3, 0.4) is 0 Å². The van der Waals surface area contributed by atoms with Gasteiger partial charge in [-0.3, -0.25) is 9.59 Å². The number of anilines is 2. The van der Waals surface area contributed by atoms with E-state index in [1.807, 2.05) is 0 Å². The van der Waals surface area contributed by atoms with E-state index >= 15 is 0 Å². The molecular formula is C18H15ClN2O5. The van der Waals surface area contributed by atoms with Crippen molar-refractivity contribution in [1.82, 2.24) is 0 Å². The molecule has 1 atom stereocenters. The van der Waals surface area contributed by atoms with E-state index in [2.05, 4.69) is 5.32 Å². The molecule has 1 heterocycles. The number of carbonyl (C=O) groups excluding carboxylic acids is 2. The third-order valence-electron chi connectivity index (χ3n) is 4.01. The number of amides is 2. The van der Waals surface area contributed by atoms with Crippen LogP contribution in [0.1, 0.15) is 16.8 Å². The minimum Gasteiger partial charge on any atom is -0.495 e. The predicted octanol–water partition coefficient (Wildman–Crippen LogP) is 2.79. The molecule has 0 saturated carbocycles. The highest BCUT2D eigenvalue weighted by atomic mass is 35.5. The minimum atomic E-state index is -1.04. The molecule has 2 N–H and O–H groups in total. The zero-order valence-corrected chi connectivity index (χ0v) is 14.5. The van der Waals surface area contributed by atoms with E-state index in [-0.39, 0.29) is 17.9 Å². The molecule has 1 saturated heterocycles. The number of carboxylic acid groups (broad SMARTS) is 1. The maximum atomic E-state index is 12.6. The van der Waals surface area contributed by atoms with Gasteiger partial charge in [-0.25, -0.2) is 9.69 Å². The molecule has 26 heavy (non-hydrogen) atoms. The number of rotatable bonds is 5. The summed E-state index contributed by atoms with van der Waals surface area (Å²) in [6, 6.07) is 9.88. The van der Waals surface area contributed by atoms with Crippen LogP contribution in [0.5, 0.6) is 5.75 Å². The first-order valence-electron chi connectivity index (χ1n) is 7.71. The van der Waals surface area contributed by atoms with Crippen molar-refractivity contribution in [3.8, 4) is 5.75 Å². The fraction of sp³-hybridized carbons (Fsp3) is 0.167. The van der Waals surface area contributed by atoms with Crippen molar-refractivity contribution >= 4 is 40.8 Å². The van der Waals surface area contributed by atoms with E-state index in [0.29, 0.717) is 22.1 Å². The fourth-order valence-corrected chi connectivity index (χ4v) is 2.97. The van der Waals surface area contributed by atoms with Crippen LogP contribution in [0.4, 0.5) is 11.4 Å². The Hall–Kier alpha value is -3.06. The van der Waals surface area contributed by atoms with Gasteiger partial charge in [-0.15, -0.1) is 0 Å². The van der Waals surface area contributed by atoms with Gasteiger partial charge in [0, 0.05) is 5.69 Å². The quantitative estimate of drug-likeness (QED) is 0.781. The number of nitrogens with one attached hydrogen (secondary N) is 1. The van der Waals surface area contributed by atoms with Crippen LogP contribution in [-0.4, -0.2) is 36.0 Å². The fourth-order valence-electron chi connectivity index (χ4n) is 2.72. The number of ether oxygens (including phenoxy) is 1.